The lowest BCUT2D eigenvalue weighted by Gasteiger charge is -2.26. The molecule has 0 amide bonds. The summed E-state index contributed by atoms with van der Waals surface area (Å²) in [5.41, 5.74) is 17.7. The van der Waals surface area contributed by atoms with Crippen molar-refractivity contribution in [3.63, 3.8) is 0 Å². The van der Waals surface area contributed by atoms with Gasteiger partial charge in [-0.15, -0.1) is 0 Å². The maximum absolute atomic E-state index is 6.99. The van der Waals surface area contributed by atoms with Crippen LogP contribution in [0, 0.1) is 0 Å². The molecule has 14 rings (SSSR count). The Hall–Kier alpha value is -9.44. The molecule has 0 aliphatic rings. The maximum Gasteiger partial charge on any atom is 0.143 e. The lowest BCUT2D eigenvalue weighted by molar-refractivity contribution is 0.671. The van der Waals surface area contributed by atoms with Crippen molar-refractivity contribution >= 4 is 82.4 Å². The summed E-state index contributed by atoms with van der Waals surface area (Å²) >= 11 is 0. The molecule has 0 bridgehead atoms. The van der Waals surface area contributed by atoms with Crippen LogP contribution in [-0.4, -0.2) is 4.57 Å². The van der Waals surface area contributed by atoms with Crippen LogP contribution in [0.5, 0.6) is 0 Å². The summed E-state index contributed by atoms with van der Waals surface area (Å²) in [5.74, 6) is 0. The van der Waals surface area contributed by atoms with Crippen LogP contribution in [0.4, 0.5) is 17.1 Å². The molecule has 0 N–H and O–H groups in total. The van der Waals surface area contributed by atoms with E-state index in [4.69, 9.17) is 4.42 Å². The molecule has 3 heteroatoms. The minimum Gasteiger partial charge on any atom is -0.455 e. The van der Waals surface area contributed by atoms with E-state index in [0.29, 0.717) is 0 Å². The highest BCUT2D eigenvalue weighted by Crippen LogP contribution is 2.43. The zero-order valence-corrected chi connectivity index (χ0v) is 38.7. The molecule has 2 heterocycles. The van der Waals surface area contributed by atoms with Gasteiger partial charge in [-0.05, 0) is 116 Å². The first kappa shape index (κ1) is 40.6. The van der Waals surface area contributed by atoms with Gasteiger partial charge in [0.1, 0.15) is 11.2 Å². The molecule has 0 radical (unpaired) electrons. The van der Waals surface area contributed by atoms with Crippen molar-refractivity contribution in [2.45, 2.75) is 0 Å². The largest absolute Gasteiger partial charge is 0.455 e. The first-order valence-corrected chi connectivity index (χ1v) is 24.3. The van der Waals surface area contributed by atoms with Crippen LogP contribution in [0.1, 0.15) is 0 Å². The molecule has 332 valence electrons. The van der Waals surface area contributed by atoms with Crippen molar-refractivity contribution in [2.75, 3.05) is 4.90 Å². The Morgan fingerprint density at radius 1 is 0.254 bits per heavy atom. The molecule has 2 aromatic heterocycles. The fourth-order valence-corrected chi connectivity index (χ4v) is 11.0. The predicted molar refractivity (Wildman–Crippen MR) is 299 cm³/mol. The van der Waals surface area contributed by atoms with E-state index in [-0.39, 0.29) is 0 Å². The van der Waals surface area contributed by atoms with E-state index in [1.807, 2.05) is 0 Å². The van der Waals surface area contributed by atoms with Gasteiger partial charge in [0.25, 0.3) is 0 Å². The van der Waals surface area contributed by atoms with Gasteiger partial charge in [-0.2, -0.15) is 0 Å². The lowest BCUT2D eigenvalue weighted by atomic mass is 9.97. The van der Waals surface area contributed by atoms with Crippen molar-refractivity contribution in [1.82, 2.24) is 4.57 Å². The standard InChI is InChI=1S/C68H44N2O/c1-3-17-55-45(13-1)15-9-21-57(55)47-29-37-51(38-30-47)69(52-39-31-48(32-40-52)58-22-10-16-46-14-2-4-18-56(46)58)53-41-33-49(34-42-53)59-23-11-25-63-64-26-12-24-60(68(64)71-67(59)63)50-35-43-54(44-36-50)70-65-27-7-5-19-61(65)62-20-6-8-28-66(62)70/h1-44H. The molecule has 0 atom stereocenters. The van der Waals surface area contributed by atoms with E-state index in [1.165, 1.54) is 65.6 Å². The fourth-order valence-electron chi connectivity index (χ4n) is 11.0. The number of benzene rings is 12. The summed E-state index contributed by atoms with van der Waals surface area (Å²) in [6, 6.07) is 96.4. The van der Waals surface area contributed by atoms with Gasteiger partial charge in [-0.3, -0.25) is 0 Å². The Bertz CT molecular complexity index is 4130. The van der Waals surface area contributed by atoms with E-state index in [2.05, 4.69) is 276 Å². The Labute approximate surface area is 411 Å². The van der Waals surface area contributed by atoms with Crippen LogP contribution in [0.3, 0.4) is 0 Å². The lowest BCUT2D eigenvalue weighted by Crippen LogP contribution is -2.09. The second-order valence-electron chi connectivity index (χ2n) is 18.4. The van der Waals surface area contributed by atoms with Crippen LogP contribution in [0.25, 0.3) is 115 Å². The SMILES string of the molecule is c1ccc2c(-c3ccc(N(c4ccc(-c5cccc6ccccc56)cc4)c4ccc(-c5cccc6c5oc5c(-c7ccc(-n8c9ccccc9c9ccccc98)cc7)cccc56)cc4)cc3)cccc2c1. The summed E-state index contributed by atoms with van der Waals surface area (Å²) < 4.78 is 9.35. The maximum atomic E-state index is 6.99. The number of nitrogens with zero attached hydrogens (tertiary/aromatic N) is 2. The topological polar surface area (TPSA) is 21.3 Å². The Morgan fingerprint density at radius 3 is 1.03 bits per heavy atom. The van der Waals surface area contributed by atoms with Gasteiger partial charge >= 0.3 is 0 Å². The average molecular weight is 905 g/mol. The first-order chi connectivity index (χ1) is 35.2. The van der Waals surface area contributed by atoms with Gasteiger partial charge in [-0.25, -0.2) is 0 Å². The number of aromatic nitrogens is 1. The second-order valence-corrected chi connectivity index (χ2v) is 18.4. The first-order valence-electron chi connectivity index (χ1n) is 24.3. The molecule has 0 aliphatic heterocycles. The fraction of sp³-hybridized carbons (Fsp3) is 0. The highest BCUT2D eigenvalue weighted by molar-refractivity contribution is 6.13. The number of para-hydroxylation sites is 4. The minimum absolute atomic E-state index is 0.884. The minimum atomic E-state index is 0.884. The number of rotatable bonds is 8. The van der Waals surface area contributed by atoms with Gasteiger partial charge in [0.05, 0.1) is 11.0 Å². The van der Waals surface area contributed by atoms with Crippen LogP contribution >= 0.6 is 0 Å². The average Bonchev–Trinajstić information content (AvgIpc) is 4.00. The van der Waals surface area contributed by atoms with Gasteiger partial charge in [0, 0.05) is 55.4 Å². The zero-order chi connectivity index (χ0) is 46.8. The molecule has 0 aliphatic carbocycles. The summed E-state index contributed by atoms with van der Waals surface area (Å²) in [6.45, 7) is 0. The van der Waals surface area contributed by atoms with E-state index in [1.54, 1.807) is 0 Å². The summed E-state index contributed by atoms with van der Waals surface area (Å²) in [5, 5.41) is 9.70. The zero-order valence-electron chi connectivity index (χ0n) is 38.7. The third-order valence-corrected chi connectivity index (χ3v) is 14.4. The summed E-state index contributed by atoms with van der Waals surface area (Å²) in [7, 11) is 0. The van der Waals surface area contributed by atoms with Crippen LogP contribution in [-0.2, 0) is 0 Å². The van der Waals surface area contributed by atoms with Crippen LogP contribution in [0.15, 0.2) is 271 Å². The van der Waals surface area contributed by atoms with Crippen molar-refractivity contribution in [3.05, 3.63) is 267 Å². The molecule has 0 fully saturated rings. The normalized spacial score (nSPS) is 11.7. The summed E-state index contributed by atoms with van der Waals surface area (Å²) in [4.78, 5) is 2.35. The highest BCUT2D eigenvalue weighted by Gasteiger charge is 2.19. The van der Waals surface area contributed by atoms with Crippen molar-refractivity contribution in [2.24, 2.45) is 0 Å². The molecule has 3 nitrogen and oxygen atoms in total. The van der Waals surface area contributed by atoms with E-state index in [0.717, 1.165) is 66.9 Å². The number of anilines is 3. The molecule has 71 heavy (non-hydrogen) atoms. The smallest absolute Gasteiger partial charge is 0.143 e. The number of hydrogen-bond acceptors (Lipinski definition) is 2. The quantitative estimate of drug-likeness (QED) is 0.151. The van der Waals surface area contributed by atoms with E-state index in [9.17, 15) is 0 Å². The molecule has 0 saturated carbocycles. The molecule has 0 spiro atoms. The second kappa shape index (κ2) is 16.7. The van der Waals surface area contributed by atoms with Gasteiger partial charge in [-0.1, -0.05) is 206 Å². The molecular weight excluding hydrogens is 861 g/mol. The van der Waals surface area contributed by atoms with Gasteiger partial charge < -0.3 is 13.9 Å². The number of furan rings is 1. The monoisotopic (exact) mass is 904 g/mol. The number of fused-ring (bicyclic) bond motifs is 8. The molecular formula is C68H44N2O. The Kier molecular flexibility index (Phi) is 9.53. The van der Waals surface area contributed by atoms with Crippen LogP contribution in [0.2, 0.25) is 0 Å². The molecule has 0 saturated heterocycles. The molecule has 0 unspecified atom stereocenters. The van der Waals surface area contributed by atoms with E-state index >= 15 is 0 Å². The van der Waals surface area contributed by atoms with E-state index < -0.39 is 0 Å². The number of hydrogen-bond donors (Lipinski definition) is 0. The van der Waals surface area contributed by atoms with Crippen molar-refractivity contribution in [1.29, 1.82) is 0 Å². The van der Waals surface area contributed by atoms with Gasteiger partial charge in [0.2, 0.25) is 0 Å². The molecule has 14 aromatic rings. The van der Waals surface area contributed by atoms with Crippen molar-refractivity contribution in [3.8, 4) is 50.2 Å². The van der Waals surface area contributed by atoms with Gasteiger partial charge in [0.15, 0.2) is 0 Å². The third-order valence-electron chi connectivity index (χ3n) is 14.4. The van der Waals surface area contributed by atoms with Crippen molar-refractivity contribution < 1.29 is 4.42 Å². The third kappa shape index (κ3) is 6.82. The van der Waals surface area contributed by atoms with Crippen LogP contribution < -0.4 is 4.90 Å². The Morgan fingerprint density at radius 2 is 0.577 bits per heavy atom. The molecule has 12 aromatic carbocycles. The summed E-state index contributed by atoms with van der Waals surface area (Å²) in [6.07, 6.45) is 0. The highest BCUT2D eigenvalue weighted by atomic mass is 16.3. The Balaban J connectivity index is 0.829. The predicted octanol–water partition coefficient (Wildman–Crippen LogP) is 19.1.